The van der Waals surface area contributed by atoms with E-state index >= 15 is 0 Å². The highest BCUT2D eigenvalue weighted by Crippen LogP contribution is 2.14. The third-order valence-electron chi connectivity index (χ3n) is 1.54. The minimum Gasteiger partial charge on any atom is -0.249 e. The van der Waals surface area contributed by atoms with E-state index in [0.717, 1.165) is 16.6 Å². The zero-order valence-corrected chi connectivity index (χ0v) is 9.05. The molecule has 72 valence electrons. The van der Waals surface area contributed by atoms with E-state index in [4.69, 9.17) is 5.53 Å². The second kappa shape index (κ2) is 6.18. The lowest BCUT2D eigenvalue weighted by Gasteiger charge is -1.94. The second-order valence-electron chi connectivity index (χ2n) is 2.53. The Kier molecular flexibility index (Phi) is 4.75. The SMILES string of the molecule is [N-]=[N+]=NCCC=Cc1cccnc1Br. The predicted molar refractivity (Wildman–Crippen MR) is 59.6 cm³/mol. The maximum atomic E-state index is 8.04. The summed E-state index contributed by atoms with van der Waals surface area (Å²) in [6.45, 7) is 0.491. The number of azide groups is 1. The van der Waals surface area contributed by atoms with Crippen molar-refractivity contribution in [1.82, 2.24) is 4.98 Å². The lowest BCUT2D eigenvalue weighted by molar-refractivity contribution is 0.995. The number of hydrogen-bond acceptors (Lipinski definition) is 2. The van der Waals surface area contributed by atoms with Crippen LogP contribution in [0.5, 0.6) is 0 Å². The Morgan fingerprint density at radius 2 is 2.50 bits per heavy atom. The van der Waals surface area contributed by atoms with Crippen molar-refractivity contribution in [3.8, 4) is 0 Å². The fourth-order valence-corrected chi connectivity index (χ4v) is 1.29. The van der Waals surface area contributed by atoms with Gasteiger partial charge in [-0.3, -0.25) is 0 Å². The first kappa shape index (κ1) is 10.8. The van der Waals surface area contributed by atoms with Crippen molar-refractivity contribution in [3.05, 3.63) is 45.0 Å². The molecule has 0 N–H and O–H groups in total. The van der Waals surface area contributed by atoms with Crippen molar-refractivity contribution in [2.75, 3.05) is 6.54 Å². The Labute approximate surface area is 90.4 Å². The quantitative estimate of drug-likeness (QED) is 0.266. The van der Waals surface area contributed by atoms with E-state index in [9.17, 15) is 0 Å². The molecule has 0 saturated carbocycles. The van der Waals surface area contributed by atoms with Crippen LogP contribution >= 0.6 is 15.9 Å². The molecule has 0 saturated heterocycles. The van der Waals surface area contributed by atoms with Crippen molar-refractivity contribution in [2.24, 2.45) is 5.11 Å². The lowest BCUT2D eigenvalue weighted by atomic mass is 10.2. The Bertz CT molecular complexity index is 369. The monoisotopic (exact) mass is 252 g/mol. The second-order valence-corrected chi connectivity index (χ2v) is 3.28. The van der Waals surface area contributed by atoms with Gasteiger partial charge < -0.3 is 0 Å². The Balaban J connectivity index is 2.51. The molecule has 0 radical (unpaired) electrons. The topological polar surface area (TPSA) is 61.7 Å². The third-order valence-corrected chi connectivity index (χ3v) is 2.21. The van der Waals surface area contributed by atoms with Crippen molar-refractivity contribution in [3.63, 3.8) is 0 Å². The van der Waals surface area contributed by atoms with Gasteiger partial charge in [0.05, 0.1) is 0 Å². The van der Waals surface area contributed by atoms with Crippen LogP contribution in [0.3, 0.4) is 0 Å². The molecule has 0 aliphatic rings. The number of hydrogen-bond donors (Lipinski definition) is 0. The predicted octanol–water partition coefficient (Wildman–Crippen LogP) is 3.56. The first-order chi connectivity index (χ1) is 6.84. The van der Waals surface area contributed by atoms with E-state index in [0.29, 0.717) is 6.54 Å². The molecule has 1 heterocycles. The van der Waals surface area contributed by atoms with Crippen LogP contribution in [0.25, 0.3) is 16.5 Å². The average Bonchev–Trinajstić information content (AvgIpc) is 2.20. The fraction of sp³-hybridized carbons (Fsp3) is 0.222. The first-order valence-corrected chi connectivity index (χ1v) is 4.92. The van der Waals surface area contributed by atoms with Gasteiger partial charge in [0.15, 0.2) is 0 Å². The van der Waals surface area contributed by atoms with Crippen LogP contribution < -0.4 is 0 Å². The highest BCUT2D eigenvalue weighted by atomic mass is 79.9. The zero-order valence-electron chi connectivity index (χ0n) is 7.47. The van der Waals surface area contributed by atoms with Gasteiger partial charge in [-0.25, -0.2) is 4.98 Å². The number of halogens is 1. The lowest BCUT2D eigenvalue weighted by Crippen LogP contribution is -1.79. The zero-order chi connectivity index (χ0) is 10.2. The Morgan fingerprint density at radius 1 is 1.64 bits per heavy atom. The standard InChI is InChI=1S/C9H9BrN4/c10-9-8(5-3-6-12-9)4-1-2-7-13-14-11/h1,3-6H,2,7H2. The Hall–Kier alpha value is -1.32. The number of aromatic nitrogens is 1. The summed E-state index contributed by atoms with van der Waals surface area (Å²) in [4.78, 5) is 6.74. The summed E-state index contributed by atoms with van der Waals surface area (Å²) < 4.78 is 0.819. The van der Waals surface area contributed by atoms with Gasteiger partial charge in [0.1, 0.15) is 4.60 Å². The van der Waals surface area contributed by atoms with Gasteiger partial charge in [-0.15, -0.1) is 0 Å². The summed E-state index contributed by atoms with van der Waals surface area (Å²) in [5.74, 6) is 0. The molecule has 0 bridgehead atoms. The average molecular weight is 253 g/mol. The summed E-state index contributed by atoms with van der Waals surface area (Å²) in [5, 5.41) is 3.43. The molecule has 4 nitrogen and oxygen atoms in total. The number of rotatable bonds is 4. The van der Waals surface area contributed by atoms with Gasteiger partial charge in [-0.2, -0.15) is 0 Å². The van der Waals surface area contributed by atoms with Crippen LogP contribution in [-0.2, 0) is 0 Å². The minimum absolute atomic E-state index is 0.491. The molecule has 1 aromatic rings. The van der Waals surface area contributed by atoms with Gasteiger partial charge in [-0.1, -0.05) is 23.3 Å². The fourth-order valence-electron chi connectivity index (χ4n) is 0.910. The largest absolute Gasteiger partial charge is 0.249 e. The number of nitrogens with zero attached hydrogens (tertiary/aromatic N) is 4. The highest BCUT2D eigenvalue weighted by molar-refractivity contribution is 9.10. The number of pyridine rings is 1. The molecule has 1 rings (SSSR count). The van der Waals surface area contributed by atoms with Gasteiger partial charge in [0.2, 0.25) is 0 Å². The van der Waals surface area contributed by atoms with Crippen LogP contribution in [0.1, 0.15) is 12.0 Å². The normalized spacial score (nSPS) is 10.1. The summed E-state index contributed by atoms with van der Waals surface area (Å²) in [6.07, 6.45) is 6.37. The highest BCUT2D eigenvalue weighted by Gasteiger charge is 1.92. The molecule has 0 amide bonds. The van der Waals surface area contributed by atoms with Crippen LogP contribution in [0.2, 0.25) is 0 Å². The van der Waals surface area contributed by atoms with Gasteiger partial charge in [-0.05, 0) is 33.9 Å². The maximum Gasteiger partial charge on any atom is 0.113 e. The minimum atomic E-state index is 0.491. The van der Waals surface area contributed by atoms with Crippen molar-refractivity contribution in [2.45, 2.75) is 6.42 Å². The molecule has 1 aromatic heterocycles. The van der Waals surface area contributed by atoms with E-state index < -0.39 is 0 Å². The summed E-state index contributed by atoms with van der Waals surface area (Å²) >= 11 is 3.33. The summed E-state index contributed by atoms with van der Waals surface area (Å²) in [7, 11) is 0. The molecular formula is C9H9BrN4. The molecule has 0 fully saturated rings. The maximum absolute atomic E-state index is 8.04. The van der Waals surface area contributed by atoms with Crippen molar-refractivity contribution >= 4 is 22.0 Å². The van der Waals surface area contributed by atoms with Crippen LogP contribution in [0.15, 0.2) is 34.1 Å². The molecule has 0 aliphatic carbocycles. The molecule has 5 heteroatoms. The van der Waals surface area contributed by atoms with Crippen molar-refractivity contribution in [1.29, 1.82) is 0 Å². The van der Waals surface area contributed by atoms with Crippen LogP contribution in [-0.4, -0.2) is 11.5 Å². The first-order valence-electron chi connectivity index (χ1n) is 4.12. The third kappa shape index (κ3) is 3.60. The summed E-state index contributed by atoms with van der Waals surface area (Å²) in [6, 6.07) is 3.83. The van der Waals surface area contributed by atoms with Gasteiger partial charge in [0, 0.05) is 23.2 Å². The smallest absolute Gasteiger partial charge is 0.113 e. The van der Waals surface area contributed by atoms with E-state index in [1.165, 1.54) is 0 Å². The van der Waals surface area contributed by atoms with Gasteiger partial charge in [0.25, 0.3) is 0 Å². The Morgan fingerprint density at radius 3 is 3.21 bits per heavy atom. The van der Waals surface area contributed by atoms with E-state index in [-0.39, 0.29) is 0 Å². The van der Waals surface area contributed by atoms with E-state index in [1.54, 1.807) is 6.20 Å². The van der Waals surface area contributed by atoms with E-state index in [2.05, 4.69) is 30.9 Å². The molecule has 0 atom stereocenters. The van der Waals surface area contributed by atoms with Gasteiger partial charge >= 0.3 is 0 Å². The van der Waals surface area contributed by atoms with Crippen LogP contribution in [0, 0.1) is 0 Å². The van der Waals surface area contributed by atoms with E-state index in [1.807, 2.05) is 24.3 Å². The summed E-state index contributed by atoms with van der Waals surface area (Å²) in [5.41, 5.74) is 9.07. The molecule has 0 aromatic carbocycles. The van der Waals surface area contributed by atoms with Crippen molar-refractivity contribution < 1.29 is 0 Å². The molecule has 0 aliphatic heterocycles. The molecule has 0 spiro atoms. The van der Waals surface area contributed by atoms with Crippen LogP contribution in [0.4, 0.5) is 0 Å². The molecule has 0 unspecified atom stereocenters. The molecular weight excluding hydrogens is 244 g/mol. The molecule has 14 heavy (non-hydrogen) atoms.